The first-order valence-electron chi connectivity index (χ1n) is 20.0. The second-order valence-corrected chi connectivity index (χ2v) is 19.0. The molecule has 0 aliphatic heterocycles. The molecule has 0 saturated heterocycles. The van der Waals surface area contributed by atoms with Crippen molar-refractivity contribution in [2.75, 3.05) is 16.8 Å². The van der Waals surface area contributed by atoms with Crippen LogP contribution in [-0.4, -0.2) is 92.3 Å². The summed E-state index contributed by atoms with van der Waals surface area (Å²) in [5.41, 5.74) is -5.50. The van der Waals surface area contributed by atoms with Gasteiger partial charge >= 0.3 is 30.3 Å². The maximum atomic E-state index is 15.1. The van der Waals surface area contributed by atoms with Gasteiger partial charge in [0.25, 0.3) is 5.92 Å². The lowest BCUT2D eigenvalue weighted by Crippen LogP contribution is -2.50. The summed E-state index contributed by atoms with van der Waals surface area (Å²) in [4.78, 5) is 55.4. The van der Waals surface area contributed by atoms with Gasteiger partial charge in [-0.3, -0.25) is 18.4 Å². The first kappa shape index (κ1) is 53.0. The molecule has 2 aromatic carbocycles. The normalized spacial score (nSPS) is 14.5. The molecule has 0 spiro atoms. The maximum Gasteiger partial charge on any atom is 0.435 e. The number of fused-ring (bicyclic) bond motifs is 2. The van der Waals surface area contributed by atoms with Gasteiger partial charge < -0.3 is 20.8 Å². The quantitative estimate of drug-likeness (QED) is 0.0366. The highest BCUT2D eigenvalue weighted by Gasteiger charge is 2.50. The number of hydrogen-bond donors (Lipinski definition) is 4. The predicted molar refractivity (Wildman–Crippen MR) is 233 cm³/mol. The summed E-state index contributed by atoms with van der Waals surface area (Å²) < 4.78 is 157. The molecule has 374 valence electrons. The minimum absolute atomic E-state index is 0.172. The number of hydrogen-bond acceptors (Lipinski definition) is 9. The Kier molecular flexibility index (Phi) is 15.0. The number of rotatable bonds is 14. The summed E-state index contributed by atoms with van der Waals surface area (Å²) in [7, 11) is -1.58. The van der Waals surface area contributed by atoms with E-state index in [1.165, 1.54) is 38.5 Å². The molecule has 2 unspecified atom stereocenters. The molecule has 0 bridgehead atoms. The Hall–Kier alpha value is -6.40. The third-order valence-corrected chi connectivity index (χ3v) is 13.1. The van der Waals surface area contributed by atoms with E-state index in [1.54, 1.807) is 5.32 Å². The van der Waals surface area contributed by atoms with E-state index in [0.717, 1.165) is 24.3 Å². The third-order valence-electron chi connectivity index (χ3n) is 10.6. The van der Waals surface area contributed by atoms with Gasteiger partial charge in [-0.15, -0.1) is 0 Å². The summed E-state index contributed by atoms with van der Waals surface area (Å²) in [6.45, 7) is -0.182. The van der Waals surface area contributed by atoms with Gasteiger partial charge in [-0.05, 0) is 80.5 Å². The van der Waals surface area contributed by atoms with E-state index in [2.05, 4.69) is 32.3 Å². The van der Waals surface area contributed by atoms with Crippen molar-refractivity contribution in [3.63, 3.8) is 0 Å². The molecule has 6 rings (SSSR count). The lowest BCUT2D eigenvalue weighted by molar-refractivity contribution is -0.150. The van der Waals surface area contributed by atoms with Crippen LogP contribution in [0.4, 0.5) is 54.5 Å². The first-order valence-corrected chi connectivity index (χ1v) is 23.1. The van der Waals surface area contributed by atoms with Gasteiger partial charge in [-0.2, -0.15) is 45.3 Å². The van der Waals surface area contributed by atoms with Gasteiger partial charge in [0.05, 0.1) is 27.7 Å². The van der Waals surface area contributed by atoms with Crippen LogP contribution in [0.2, 0.25) is 5.02 Å². The number of aromatic nitrogens is 5. The van der Waals surface area contributed by atoms with E-state index >= 15 is 8.78 Å². The predicted octanol–water partition coefficient (Wildman–Crippen LogP) is 7.79. The molecule has 1 aliphatic carbocycles. The monoisotopic (exact) mass is 1050 g/mol. The van der Waals surface area contributed by atoms with Gasteiger partial charge in [-0.1, -0.05) is 23.6 Å². The van der Waals surface area contributed by atoms with Gasteiger partial charge in [0.15, 0.2) is 11.5 Å². The van der Waals surface area contributed by atoms with E-state index in [4.69, 9.17) is 11.6 Å². The Balaban J connectivity index is 1.62. The van der Waals surface area contributed by atoms with Crippen LogP contribution in [0.1, 0.15) is 60.2 Å². The van der Waals surface area contributed by atoms with Crippen LogP contribution in [-0.2, 0) is 63.2 Å². The molecule has 70 heavy (non-hydrogen) atoms. The lowest BCUT2D eigenvalue weighted by atomic mass is 9.93. The van der Waals surface area contributed by atoms with Crippen molar-refractivity contribution in [2.45, 2.75) is 81.3 Å². The second kappa shape index (κ2) is 19.8. The van der Waals surface area contributed by atoms with Crippen LogP contribution in [0, 0.1) is 23.5 Å². The van der Waals surface area contributed by atoms with Crippen LogP contribution in [0.25, 0.3) is 22.0 Å². The number of carboxylic acids is 2. The Morgan fingerprint density at radius 2 is 1.59 bits per heavy atom. The average molecular weight is 1050 g/mol. The van der Waals surface area contributed by atoms with Gasteiger partial charge in [-0.25, -0.2) is 32.5 Å². The number of alkyl halides is 8. The zero-order chi connectivity index (χ0) is 52.0. The maximum absolute atomic E-state index is 15.1. The molecule has 4 N–H and O–H groups in total. The summed E-state index contributed by atoms with van der Waals surface area (Å²) in [6.07, 6.45) is -10.2. The molecule has 3 amide bonds. The smallest absolute Gasteiger partial charge is 0.435 e. The molecule has 2 atom stereocenters. The Labute approximate surface area is 400 Å². The highest BCUT2D eigenvalue weighted by Crippen LogP contribution is 2.47. The lowest BCUT2D eigenvalue weighted by Gasteiger charge is -2.23. The van der Waals surface area contributed by atoms with E-state index in [-0.39, 0.29) is 37.8 Å². The van der Waals surface area contributed by atoms with Crippen molar-refractivity contribution in [2.24, 2.45) is 0 Å². The zero-order valence-electron chi connectivity index (χ0n) is 36.3. The van der Waals surface area contributed by atoms with E-state index < -0.39 is 147 Å². The third kappa shape index (κ3) is 11.4. The standard InChI is InChI=1S/C42H35ClF10N8O7S2/c1-39(2,70(4)68)11-9-22-5-6-23(24-7-8-26(43)29-32(24)60(18-41(48,49)50)58-35(29)61(69-3)38(67)56-31(36(63)64)37(65)66)30(54-22)27(15-19-13-20(44)16-21(45)14-19)55-28(62)17-59-34-25(10-12-40(34,46)47)33(57-59)42(51,52)53/h5-8,13-14,16,27,31H,10,12,15,17-18H2,1-4H3,(H,55,62)(H,56,67)(H,63,64)(H,65,66). The highest BCUT2D eigenvalue weighted by molar-refractivity contribution is 8.00. The summed E-state index contributed by atoms with van der Waals surface area (Å²) in [5, 5.41) is 29.5. The van der Waals surface area contributed by atoms with E-state index in [0.29, 0.717) is 27.0 Å². The second-order valence-electron chi connectivity index (χ2n) is 15.9. The first-order chi connectivity index (χ1) is 32.4. The fraction of sp³-hybridized carbons (Fsp3) is 0.357. The van der Waals surface area contributed by atoms with Crippen LogP contribution >= 0.6 is 23.5 Å². The number of amides is 3. The fourth-order valence-electron chi connectivity index (χ4n) is 7.35. The fourth-order valence-corrected chi connectivity index (χ4v) is 8.30. The van der Waals surface area contributed by atoms with Crippen molar-refractivity contribution in [1.29, 1.82) is 0 Å². The van der Waals surface area contributed by atoms with Crippen LogP contribution in [0.15, 0.2) is 42.5 Å². The summed E-state index contributed by atoms with van der Waals surface area (Å²) in [6, 6.07) is 1.12. The number of benzene rings is 2. The van der Waals surface area contributed by atoms with Crippen LogP contribution in [0.5, 0.6) is 0 Å². The minimum atomic E-state index is -5.21. The molecule has 0 fully saturated rings. The molecular formula is C42H35ClF10N8O7S2. The van der Waals surface area contributed by atoms with E-state index in [1.807, 2.05) is 0 Å². The zero-order valence-corrected chi connectivity index (χ0v) is 38.7. The SMILES string of the molecule is CSN(C(=O)NC(C(=O)O)C(=O)O)c1nn(CC(F)(F)F)c2c(-c3ccc(C#CC(C)(C)S(C)=O)nc3C(Cc3cc(F)cc(F)c3)NC(=O)Cn3nc(C(F)(F)F)c4c3C(F)(F)CC4)ccc(Cl)c12. The largest absolute Gasteiger partial charge is 0.479 e. The molecule has 15 nitrogen and oxygen atoms in total. The molecule has 3 heterocycles. The Morgan fingerprint density at radius 3 is 2.16 bits per heavy atom. The van der Waals surface area contributed by atoms with Crippen LogP contribution in [0.3, 0.4) is 0 Å². The number of aliphatic carboxylic acids is 2. The molecular weight excluding hydrogens is 1020 g/mol. The van der Waals surface area contributed by atoms with Crippen LogP contribution < -0.4 is 14.9 Å². The number of carbonyl (C=O) groups is 4. The van der Waals surface area contributed by atoms with Crippen molar-refractivity contribution < 1.29 is 77.5 Å². The number of anilines is 1. The van der Waals surface area contributed by atoms with Crippen molar-refractivity contribution in [3.8, 4) is 23.0 Å². The molecule has 5 aromatic rings. The van der Waals surface area contributed by atoms with Gasteiger partial charge in [0.2, 0.25) is 11.9 Å². The van der Waals surface area contributed by atoms with E-state index in [9.17, 15) is 68.7 Å². The summed E-state index contributed by atoms with van der Waals surface area (Å²) in [5.74, 6) is -6.67. The number of carboxylic acid groups (broad SMARTS) is 2. The minimum Gasteiger partial charge on any atom is -0.479 e. The molecule has 3 aromatic heterocycles. The van der Waals surface area contributed by atoms with Gasteiger partial charge in [0.1, 0.15) is 40.9 Å². The number of nitrogens with zero attached hydrogens (tertiary/aromatic N) is 6. The molecule has 1 aliphatic rings. The number of pyridine rings is 1. The molecule has 28 heteroatoms. The topological polar surface area (TPSA) is 202 Å². The Bertz CT molecular complexity index is 2990. The number of carbonyl (C=O) groups excluding carboxylic acids is 2. The molecule has 0 radical (unpaired) electrons. The van der Waals surface area contributed by atoms with Crippen molar-refractivity contribution >= 4 is 74.9 Å². The average Bonchev–Trinajstić information content (AvgIpc) is 3.89. The number of urea groups is 1. The number of halogens is 11. The molecule has 0 saturated carbocycles. The number of nitrogens with one attached hydrogen (secondary N) is 2. The van der Waals surface area contributed by atoms with Gasteiger partial charge in [0, 0.05) is 52.5 Å². The highest BCUT2D eigenvalue weighted by atomic mass is 35.5. The van der Waals surface area contributed by atoms with Crippen molar-refractivity contribution in [3.05, 3.63) is 93.0 Å². The van der Waals surface area contributed by atoms with Crippen molar-refractivity contribution in [1.82, 2.24) is 35.2 Å². The summed E-state index contributed by atoms with van der Waals surface area (Å²) >= 11 is 7.06. The Morgan fingerprint density at radius 1 is 0.957 bits per heavy atom.